The van der Waals surface area contributed by atoms with Crippen molar-refractivity contribution in [2.24, 2.45) is 0 Å². The van der Waals surface area contributed by atoms with Gasteiger partial charge in [0.1, 0.15) is 17.5 Å². The third kappa shape index (κ3) is 4.38. The molecule has 0 radical (unpaired) electrons. The predicted molar refractivity (Wildman–Crippen MR) is 130 cm³/mol. The lowest BCUT2D eigenvalue weighted by Crippen LogP contribution is -2.23. The molecule has 1 atom stereocenters. The van der Waals surface area contributed by atoms with E-state index < -0.39 is 17.5 Å². The molecule has 35 heavy (non-hydrogen) atoms. The van der Waals surface area contributed by atoms with Crippen molar-refractivity contribution in [2.75, 3.05) is 18.4 Å². The Morgan fingerprint density at radius 3 is 2.74 bits per heavy atom. The van der Waals surface area contributed by atoms with Crippen molar-refractivity contribution in [3.8, 4) is 23.1 Å². The van der Waals surface area contributed by atoms with Crippen LogP contribution in [0.15, 0.2) is 61.2 Å². The number of pyridine rings is 1. The van der Waals surface area contributed by atoms with Crippen molar-refractivity contribution in [1.82, 2.24) is 19.3 Å². The summed E-state index contributed by atoms with van der Waals surface area (Å²) in [5, 5.41) is 2.55. The predicted octanol–water partition coefficient (Wildman–Crippen LogP) is 5.09. The molecule has 1 aliphatic rings. The van der Waals surface area contributed by atoms with E-state index in [2.05, 4.69) is 32.0 Å². The van der Waals surface area contributed by atoms with Crippen LogP contribution in [0.1, 0.15) is 41.7 Å². The van der Waals surface area contributed by atoms with Crippen LogP contribution >= 0.6 is 0 Å². The first-order valence-electron chi connectivity index (χ1n) is 11.4. The molecule has 6 nitrogen and oxygen atoms in total. The van der Waals surface area contributed by atoms with E-state index in [1.807, 2.05) is 19.1 Å². The summed E-state index contributed by atoms with van der Waals surface area (Å²) in [5.41, 5.74) is 1.84. The van der Waals surface area contributed by atoms with Crippen molar-refractivity contribution < 1.29 is 13.6 Å². The molecule has 4 aromatic rings. The Balaban J connectivity index is 1.54. The number of fused-ring (bicyclic) bond motifs is 1. The van der Waals surface area contributed by atoms with Crippen molar-refractivity contribution in [2.45, 2.75) is 25.8 Å². The van der Waals surface area contributed by atoms with Crippen molar-refractivity contribution >= 4 is 17.2 Å². The zero-order valence-electron chi connectivity index (χ0n) is 19.1. The van der Waals surface area contributed by atoms with Crippen LogP contribution < -0.4 is 5.32 Å². The van der Waals surface area contributed by atoms with Crippen molar-refractivity contribution in [1.29, 1.82) is 0 Å². The number of hydrogen-bond acceptors (Lipinski definition) is 4. The molecular weight excluding hydrogens is 448 g/mol. The SMILES string of the molecule is CC#CCN1CCCC1c1cc(-c2c(F)cc(C(=O)Nc3ccccn3)cc2F)n2cnccc12. The molecule has 4 heterocycles. The minimum Gasteiger partial charge on any atom is -0.307 e. The van der Waals surface area contributed by atoms with Gasteiger partial charge in [-0.25, -0.2) is 18.7 Å². The van der Waals surface area contributed by atoms with Crippen LogP contribution in [0.2, 0.25) is 0 Å². The van der Waals surface area contributed by atoms with E-state index in [1.165, 1.54) is 6.20 Å². The number of nitrogens with one attached hydrogen (secondary N) is 1. The Hall–Kier alpha value is -4.09. The molecule has 1 unspecified atom stereocenters. The Kier molecular flexibility index (Phi) is 6.25. The summed E-state index contributed by atoms with van der Waals surface area (Å²) in [5.74, 6) is 4.06. The average molecular weight is 472 g/mol. The average Bonchev–Trinajstić information content (AvgIpc) is 3.47. The molecule has 5 rings (SSSR count). The molecule has 1 amide bonds. The van der Waals surface area contributed by atoms with E-state index >= 15 is 8.78 Å². The molecule has 8 heteroatoms. The number of hydrogen-bond donors (Lipinski definition) is 1. The third-order valence-electron chi connectivity index (χ3n) is 6.26. The van der Waals surface area contributed by atoms with Gasteiger partial charge in [-0.15, -0.1) is 5.92 Å². The highest BCUT2D eigenvalue weighted by atomic mass is 19.1. The molecule has 176 valence electrons. The van der Waals surface area contributed by atoms with Crippen LogP contribution in [0.5, 0.6) is 0 Å². The minimum absolute atomic E-state index is 0.0940. The van der Waals surface area contributed by atoms with Crippen LogP contribution in [0.3, 0.4) is 0 Å². The number of halogens is 2. The monoisotopic (exact) mass is 471 g/mol. The van der Waals surface area contributed by atoms with Gasteiger partial charge >= 0.3 is 0 Å². The van der Waals surface area contributed by atoms with Gasteiger partial charge in [-0.05, 0) is 68.3 Å². The highest BCUT2D eigenvalue weighted by Crippen LogP contribution is 2.39. The molecule has 1 aromatic carbocycles. The first kappa shape index (κ1) is 22.7. The fourth-order valence-corrected chi connectivity index (χ4v) is 4.66. The molecule has 0 bridgehead atoms. The second-order valence-electron chi connectivity index (χ2n) is 8.36. The number of aromatic nitrogens is 3. The molecular formula is C27H23F2N5O. The first-order valence-corrected chi connectivity index (χ1v) is 11.4. The number of nitrogens with zero attached hydrogens (tertiary/aromatic N) is 4. The molecule has 1 aliphatic heterocycles. The number of rotatable bonds is 5. The standard InChI is InChI=1S/C27H23F2N5O/c1-2-3-12-33-13-6-7-22(33)19-16-24(34-17-30-11-9-23(19)34)26-20(28)14-18(15-21(26)29)27(35)32-25-8-4-5-10-31-25/h4-5,8-11,14-17,22H,6-7,12-13H2,1H3,(H,31,32,35). The summed E-state index contributed by atoms with van der Waals surface area (Å²) >= 11 is 0. The van der Waals surface area contributed by atoms with Gasteiger partial charge in [0.2, 0.25) is 0 Å². The molecule has 1 fully saturated rings. The van der Waals surface area contributed by atoms with Crippen molar-refractivity contribution in [3.05, 3.63) is 83.9 Å². The number of carbonyl (C=O) groups is 1. The van der Waals surface area contributed by atoms with Gasteiger partial charge in [0.25, 0.3) is 5.91 Å². The second-order valence-corrected chi connectivity index (χ2v) is 8.36. The molecule has 3 aromatic heterocycles. The molecule has 1 saturated heterocycles. The van der Waals surface area contributed by atoms with Gasteiger partial charge < -0.3 is 5.32 Å². The van der Waals surface area contributed by atoms with Crippen molar-refractivity contribution in [3.63, 3.8) is 0 Å². The smallest absolute Gasteiger partial charge is 0.257 e. The Bertz CT molecular complexity index is 1430. The van der Waals surface area contributed by atoms with Crippen LogP contribution in [0.4, 0.5) is 14.6 Å². The second kappa shape index (κ2) is 9.65. The van der Waals surface area contributed by atoms with E-state index in [1.54, 1.807) is 35.1 Å². The normalized spacial score (nSPS) is 15.7. The van der Waals surface area contributed by atoms with Crippen LogP contribution in [0, 0.1) is 23.5 Å². The molecule has 0 aliphatic carbocycles. The fraction of sp³-hybridized carbons (Fsp3) is 0.222. The van der Waals surface area contributed by atoms with Gasteiger partial charge in [0.15, 0.2) is 0 Å². The number of benzene rings is 1. The summed E-state index contributed by atoms with van der Waals surface area (Å²) in [6.45, 7) is 3.37. The van der Waals surface area contributed by atoms with E-state index in [0.717, 1.165) is 42.6 Å². The van der Waals surface area contributed by atoms with Gasteiger partial charge in [-0.3, -0.25) is 14.1 Å². The summed E-state index contributed by atoms with van der Waals surface area (Å²) < 4.78 is 32.4. The lowest BCUT2D eigenvalue weighted by Gasteiger charge is -2.21. The fourth-order valence-electron chi connectivity index (χ4n) is 4.66. The maximum Gasteiger partial charge on any atom is 0.257 e. The van der Waals surface area contributed by atoms with E-state index in [4.69, 9.17) is 0 Å². The summed E-state index contributed by atoms with van der Waals surface area (Å²) in [7, 11) is 0. The highest BCUT2D eigenvalue weighted by Gasteiger charge is 2.29. The zero-order valence-corrected chi connectivity index (χ0v) is 19.1. The number of carbonyl (C=O) groups excluding carboxylic acids is 1. The summed E-state index contributed by atoms with van der Waals surface area (Å²) in [4.78, 5) is 23.0. The topological polar surface area (TPSA) is 62.5 Å². The maximum absolute atomic E-state index is 15.4. The Labute approximate surface area is 201 Å². The third-order valence-corrected chi connectivity index (χ3v) is 6.26. The summed E-state index contributed by atoms with van der Waals surface area (Å²) in [6.07, 6.45) is 6.70. The number of anilines is 1. The summed E-state index contributed by atoms with van der Waals surface area (Å²) in [6, 6.07) is 10.9. The Morgan fingerprint density at radius 1 is 1.17 bits per heavy atom. The van der Waals surface area contributed by atoms with Gasteiger partial charge in [0.05, 0.1) is 29.6 Å². The van der Waals surface area contributed by atoms with Gasteiger partial charge in [0, 0.05) is 24.0 Å². The van der Waals surface area contributed by atoms with Gasteiger partial charge in [-0.2, -0.15) is 0 Å². The minimum atomic E-state index is -0.828. The largest absolute Gasteiger partial charge is 0.307 e. The van der Waals surface area contributed by atoms with E-state index in [0.29, 0.717) is 18.1 Å². The van der Waals surface area contributed by atoms with Gasteiger partial charge in [-0.1, -0.05) is 12.0 Å². The van der Waals surface area contributed by atoms with E-state index in [9.17, 15) is 4.79 Å². The Morgan fingerprint density at radius 2 is 2.00 bits per heavy atom. The lowest BCUT2D eigenvalue weighted by atomic mass is 10.0. The maximum atomic E-state index is 15.4. The molecule has 1 N–H and O–H groups in total. The van der Waals surface area contributed by atoms with Crippen LogP contribution in [0.25, 0.3) is 16.8 Å². The number of likely N-dealkylation sites (tertiary alicyclic amines) is 1. The highest BCUT2D eigenvalue weighted by molar-refractivity contribution is 6.04. The molecule has 0 spiro atoms. The quantitative estimate of drug-likeness (QED) is 0.412. The number of amides is 1. The first-order chi connectivity index (χ1) is 17.1. The van der Waals surface area contributed by atoms with E-state index in [-0.39, 0.29) is 17.2 Å². The van der Waals surface area contributed by atoms with Crippen LogP contribution in [-0.4, -0.2) is 38.3 Å². The lowest BCUT2D eigenvalue weighted by molar-refractivity contribution is 0.102. The molecule has 0 saturated carbocycles. The van der Waals surface area contributed by atoms with Crippen LogP contribution in [-0.2, 0) is 0 Å². The zero-order chi connectivity index (χ0) is 24.4.